The number of methoxy groups -OCH3 is 1. The van der Waals surface area contributed by atoms with Gasteiger partial charge in [-0.2, -0.15) is 0 Å². The molecule has 0 radical (unpaired) electrons. The Kier molecular flexibility index (Phi) is 3.92. The molecule has 4 heteroatoms. The van der Waals surface area contributed by atoms with Crippen molar-refractivity contribution in [2.75, 3.05) is 7.11 Å². The molecule has 0 aliphatic carbocycles. The van der Waals surface area contributed by atoms with Crippen LogP contribution in [0.25, 0.3) is 0 Å². The van der Waals surface area contributed by atoms with Crippen LogP contribution in [0.3, 0.4) is 0 Å². The zero-order chi connectivity index (χ0) is 9.84. The van der Waals surface area contributed by atoms with Crippen LogP contribution < -0.4 is 4.74 Å². The van der Waals surface area contributed by atoms with Crippen molar-refractivity contribution >= 4 is 22.6 Å². The molecule has 0 aliphatic heterocycles. The van der Waals surface area contributed by atoms with E-state index in [1.807, 2.05) is 12.1 Å². The second kappa shape index (κ2) is 4.76. The largest absolute Gasteiger partial charge is 0.481 e. The van der Waals surface area contributed by atoms with Crippen LogP contribution in [0.4, 0.5) is 0 Å². The summed E-state index contributed by atoms with van der Waals surface area (Å²) >= 11 is 2.16. The number of pyridine rings is 1. The highest BCUT2D eigenvalue weighted by Crippen LogP contribution is 2.26. The lowest BCUT2D eigenvalue weighted by Gasteiger charge is -2.12. The first-order valence-corrected chi connectivity index (χ1v) is 5.23. The predicted molar refractivity (Wildman–Crippen MR) is 59.2 cm³/mol. The average Bonchev–Trinajstić information content (AvgIpc) is 2.16. The molecule has 0 amide bonds. The number of aliphatic hydroxyl groups excluding tert-OH is 1. The predicted octanol–water partition coefficient (Wildman–Crippen LogP) is 1.95. The fraction of sp³-hybridized carbons (Fsp3) is 0.444. The number of halogens is 1. The van der Waals surface area contributed by atoms with Crippen LogP contribution in [-0.4, -0.2) is 23.3 Å². The van der Waals surface area contributed by atoms with Crippen molar-refractivity contribution in [1.29, 1.82) is 0 Å². The van der Waals surface area contributed by atoms with E-state index in [1.165, 1.54) is 0 Å². The SMILES string of the molecule is COc1cccc([C@H](I)[C@H](C)O)n1. The summed E-state index contributed by atoms with van der Waals surface area (Å²) in [5.41, 5.74) is 0.843. The van der Waals surface area contributed by atoms with Crippen LogP contribution in [0.15, 0.2) is 18.2 Å². The molecule has 1 rings (SSSR count). The fourth-order valence-electron chi connectivity index (χ4n) is 0.945. The van der Waals surface area contributed by atoms with Crippen molar-refractivity contribution in [1.82, 2.24) is 4.98 Å². The van der Waals surface area contributed by atoms with Gasteiger partial charge in [0.05, 0.1) is 22.8 Å². The number of aromatic nitrogens is 1. The van der Waals surface area contributed by atoms with Gasteiger partial charge in [0.2, 0.25) is 5.88 Å². The molecule has 0 spiro atoms. The van der Waals surface area contributed by atoms with Crippen molar-refractivity contribution in [2.45, 2.75) is 17.0 Å². The standard InChI is InChI=1S/C9H12INO2/c1-6(12)9(10)7-4-3-5-8(11-7)13-2/h3-6,9,12H,1-2H3/t6-,9+/m0/s1. The van der Waals surface area contributed by atoms with E-state index in [0.717, 1.165) is 5.69 Å². The zero-order valence-corrected chi connectivity index (χ0v) is 9.72. The zero-order valence-electron chi connectivity index (χ0n) is 7.57. The van der Waals surface area contributed by atoms with Crippen molar-refractivity contribution < 1.29 is 9.84 Å². The van der Waals surface area contributed by atoms with Gasteiger partial charge >= 0.3 is 0 Å². The number of hydrogen-bond donors (Lipinski definition) is 1. The summed E-state index contributed by atoms with van der Waals surface area (Å²) in [4.78, 5) is 4.22. The molecule has 1 aromatic rings. The normalized spacial score (nSPS) is 15.1. The summed E-state index contributed by atoms with van der Waals surface area (Å²) in [5.74, 6) is 0.583. The van der Waals surface area contributed by atoms with E-state index in [4.69, 9.17) is 4.74 Å². The van der Waals surface area contributed by atoms with Crippen molar-refractivity contribution in [2.24, 2.45) is 0 Å². The maximum absolute atomic E-state index is 9.35. The van der Waals surface area contributed by atoms with E-state index < -0.39 is 6.10 Å². The van der Waals surface area contributed by atoms with E-state index in [2.05, 4.69) is 27.6 Å². The number of rotatable bonds is 3. The number of ether oxygens (including phenoxy) is 1. The highest BCUT2D eigenvalue weighted by Gasteiger charge is 2.14. The maximum atomic E-state index is 9.35. The topological polar surface area (TPSA) is 42.4 Å². The highest BCUT2D eigenvalue weighted by molar-refractivity contribution is 14.1. The second-order valence-corrected chi connectivity index (χ2v) is 4.09. The van der Waals surface area contributed by atoms with E-state index in [0.29, 0.717) is 5.88 Å². The maximum Gasteiger partial charge on any atom is 0.213 e. The van der Waals surface area contributed by atoms with Crippen LogP contribution in [0, 0.1) is 0 Å². The van der Waals surface area contributed by atoms with Crippen LogP contribution in [-0.2, 0) is 0 Å². The summed E-state index contributed by atoms with van der Waals surface area (Å²) in [6.07, 6.45) is -0.403. The first-order chi connectivity index (χ1) is 6.15. The highest BCUT2D eigenvalue weighted by atomic mass is 127. The van der Waals surface area contributed by atoms with Gasteiger partial charge in [-0.05, 0) is 13.0 Å². The third kappa shape index (κ3) is 2.80. The Hall–Kier alpha value is -0.360. The molecule has 0 bridgehead atoms. The van der Waals surface area contributed by atoms with Crippen molar-refractivity contribution in [3.05, 3.63) is 23.9 Å². The average molecular weight is 293 g/mol. The van der Waals surface area contributed by atoms with Gasteiger partial charge in [0.1, 0.15) is 0 Å². The summed E-state index contributed by atoms with van der Waals surface area (Å²) in [6, 6.07) is 5.54. The summed E-state index contributed by atoms with van der Waals surface area (Å²) in [6.45, 7) is 1.75. The minimum absolute atomic E-state index is 0.00713. The van der Waals surface area contributed by atoms with Gasteiger partial charge in [0, 0.05) is 6.07 Å². The van der Waals surface area contributed by atoms with E-state index in [-0.39, 0.29) is 3.92 Å². The molecule has 1 N–H and O–H groups in total. The molecule has 0 aromatic carbocycles. The van der Waals surface area contributed by atoms with Crippen LogP contribution in [0.2, 0.25) is 0 Å². The van der Waals surface area contributed by atoms with Gasteiger partial charge < -0.3 is 9.84 Å². The summed E-state index contributed by atoms with van der Waals surface area (Å²) in [7, 11) is 1.58. The quantitative estimate of drug-likeness (QED) is 0.684. The van der Waals surface area contributed by atoms with E-state index in [9.17, 15) is 5.11 Å². The third-order valence-electron chi connectivity index (χ3n) is 1.66. The van der Waals surface area contributed by atoms with Crippen LogP contribution >= 0.6 is 22.6 Å². The molecule has 1 aromatic heterocycles. The van der Waals surface area contributed by atoms with Gasteiger partial charge in [-0.1, -0.05) is 28.7 Å². The molecule has 72 valence electrons. The number of alkyl halides is 1. The number of aliphatic hydroxyl groups is 1. The third-order valence-corrected chi connectivity index (χ3v) is 3.34. The Bertz CT molecular complexity index is 278. The summed E-state index contributed by atoms with van der Waals surface area (Å²) in [5, 5.41) is 9.35. The van der Waals surface area contributed by atoms with E-state index >= 15 is 0 Å². The lowest BCUT2D eigenvalue weighted by atomic mass is 10.2. The molecule has 0 saturated carbocycles. The Morgan fingerprint density at radius 1 is 1.54 bits per heavy atom. The molecule has 1 heterocycles. The van der Waals surface area contributed by atoms with Gasteiger partial charge in [-0.3, -0.25) is 0 Å². The molecule has 0 saturated heterocycles. The first kappa shape index (κ1) is 10.7. The molecule has 0 unspecified atom stereocenters. The second-order valence-electron chi connectivity index (χ2n) is 2.75. The van der Waals surface area contributed by atoms with Gasteiger partial charge in [0.25, 0.3) is 0 Å². The number of nitrogens with zero attached hydrogens (tertiary/aromatic N) is 1. The minimum atomic E-state index is -0.403. The fourth-order valence-corrected chi connectivity index (χ4v) is 1.29. The molecular weight excluding hydrogens is 281 g/mol. The van der Waals surface area contributed by atoms with Crippen LogP contribution in [0.5, 0.6) is 5.88 Å². The lowest BCUT2D eigenvalue weighted by Crippen LogP contribution is -2.09. The smallest absolute Gasteiger partial charge is 0.213 e. The van der Waals surface area contributed by atoms with Crippen molar-refractivity contribution in [3.63, 3.8) is 0 Å². The molecule has 13 heavy (non-hydrogen) atoms. The monoisotopic (exact) mass is 293 g/mol. The first-order valence-electron chi connectivity index (χ1n) is 3.98. The molecule has 3 nitrogen and oxygen atoms in total. The molecule has 0 aliphatic rings. The Labute approximate surface area is 91.3 Å². The molecule has 2 atom stereocenters. The summed E-state index contributed by atoms with van der Waals surface area (Å²) < 4.78 is 5.00. The Morgan fingerprint density at radius 2 is 2.23 bits per heavy atom. The Balaban J connectivity index is 2.88. The molecular formula is C9H12INO2. The molecule has 0 fully saturated rings. The van der Waals surface area contributed by atoms with E-state index in [1.54, 1.807) is 20.1 Å². The van der Waals surface area contributed by atoms with Gasteiger partial charge in [-0.25, -0.2) is 4.98 Å². The van der Waals surface area contributed by atoms with Gasteiger partial charge in [0.15, 0.2) is 0 Å². The minimum Gasteiger partial charge on any atom is -0.481 e. The Morgan fingerprint density at radius 3 is 2.77 bits per heavy atom. The lowest BCUT2D eigenvalue weighted by molar-refractivity contribution is 0.195. The van der Waals surface area contributed by atoms with Gasteiger partial charge in [-0.15, -0.1) is 0 Å². The van der Waals surface area contributed by atoms with Crippen molar-refractivity contribution in [3.8, 4) is 5.88 Å². The van der Waals surface area contributed by atoms with Crippen LogP contribution in [0.1, 0.15) is 16.5 Å². The number of hydrogen-bond acceptors (Lipinski definition) is 3.